The number of hydrogen-bond acceptors (Lipinski definition) is 4. The molecule has 0 saturated carbocycles. The fourth-order valence-corrected chi connectivity index (χ4v) is 0.0417. The molecule has 0 atom stereocenters. The molecule has 0 rings (SSSR count). The van der Waals surface area contributed by atoms with Crippen LogP contribution in [0.1, 0.15) is 0 Å². The second kappa shape index (κ2) is 3.11. The van der Waals surface area contributed by atoms with Crippen LogP contribution in [0.15, 0.2) is 0 Å². The molecular weight excluding hydrogens is 147 g/mol. The fraction of sp³-hybridized carbons (Fsp3) is 0. The zero-order valence-electron chi connectivity index (χ0n) is 3.06. The van der Waals surface area contributed by atoms with Gasteiger partial charge in [-0.05, 0) is 0 Å². The van der Waals surface area contributed by atoms with E-state index in [4.69, 9.17) is 11.7 Å². The third kappa shape index (κ3) is 2.17. The van der Waals surface area contributed by atoms with E-state index in [0.717, 1.165) is 0 Å². The van der Waals surface area contributed by atoms with Crippen LogP contribution in [0.25, 0.3) is 0 Å². The molecule has 0 aromatic rings. The zero-order valence-corrected chi connectivity index (χ0v) is 4.78. The molecule has 0 saturated heterocycles. The summed E-state index contributed by atoms with van der Waals surface area (Å²) in [5.41, 5.74) is 4.48. The van der Waals surface area contributed by atoms with Crippen molar-refractivity contribution >= 4 is 20.2 Å². The number of nitrogens with one attached hydrogen (secondary N) is 2. The molecule has 0 spiro atoms. The SMILES string of the molecule is NNC(=[Se])NN. The molecule has 0 aromatic carbocycles. The van der Waals surface area contributed by atoms with E-state index in [1.165, 1.54) is 0 Å². The van der Waals surface area contributed by atoms with Gasteiger partial charge in [-0.3, -0.25) is 0 Å². The van der Waals surface area contributed by atoms with Crippen LogP contribution in [0.4, 0.5) is 0 Å². The van der Waals surface area contributed by atoms with Gasteiger partial charge in [0.1, 0.15) is 0 Å². The number of hydrogen-bond donors (Lipinski definition) is 4. The van der Waals surface area contributed by atoms with Crippen LogP contribution >= 0.6 is 0 Å². The molecule has 0 aliphatic rings. The molecule has 0 aromatic heterocycles. The summed E-state index contributed by atoms with van der Waals surface area (Å²) in [6.07, 6.45) is 0. The topological polar surface area (TPSA) is 76.1 Å². The van der Waals surface area contributed by atoms with Gasteiger partial charge < -0.3 is 0 Å². The summed E-state index contributed by atoms with van der Waals surface area (Å²) in [5, 5.41) is 0. The first-order valence-electron chi connectivity index (χ1n) is 1.28. The normalized spacial score (nSPS) is 7.00. The Labute approximate surface area is 43.6 Å². The van der Waals surface area contributed by atoms with Crippen molar-refractivity contribution in [3.63, 3.8) is 0 Å². The van der Waals surface area contributed by atoms with Crippen LogP contribution in [-0.2, 0) is 0 Å². The molecule has 0 bridgehead atoms. The predicted molar refractivity (Wildman–Crippen MR) is 25.4 cm³/mol. The van der Waals surface area contributed by atoms with Gasteiger partial charge in [-0.1, -0.05) is 0 Å². The van der Waals surface area contributed by atoms with Gasteiger partial charge in [0.25, 0.3) is 0 Å². The van der Waals surface area contributed by atoms with Gasteiger partial charge in [-0.15, -0.1) is 0 Å². The van der Waals surface area contributed by atoms with E-state index < -0.39 is 0 Å². The van der Waals surface area contributed by atoms with Crippen molar-refractivity contribution in [3.8, 4) is 0 Å². The third-order valence-corrected chi connectivity index (χ3v) is 0.757. The molecule has 0 amide bonds. The molecule has 5 heteroatoms. The van der Waals surface area contributed by atoms with Gasteiger partial charge in [0.15, 0.2) is 0 Å². The van der Waals surface area contributed by atoms with Crippen molar-refractivity contribution in [3.05, 3.63) is 0 Å². The molecule has 0 aliphatic heterocycles. The maximum absolute atomic E-state index is 4.82. The average molecular weight is 153 g/mol. The van der Waals surface area contributed by atoms with E-state index in [0.29, 0.717) is 4.67 Å². The van der Waals surface area contributed by atoms with Gasteiger partial charge in [0, 0.05) is 0 Å². The molecule has 6 heavy (non-hydrogen) atoms. The zero-order chi connectivity index (χ0) is 4.99. The molecule has 0 aliphatic carbocycles. The first kappa shape index (κ1) is 5.91. The summed E-state index contributed by atoms with van der Waals surface area (Å²) < 4.78 is 0.523. The van der Waals surface area contributed by atoms with Crippen LogP contribution in [0, 0.1) is 0 Å². The second-order valence-corrected chi connectivity index (χ2v) is 1.47. The van der Waals surface area contributed by atoms with Crippen molar-refractivity contribution in [2.45, 2.75) is 0 Å². The van der Waals surface area contributed by atoms with E-state index >= 15 is 0 Å². The van der Waals surface area contributed by atoms with Crippen LogP contribution < -0.4 is 22.5 Å². The predicted octanol–water partition coefficient (Wildman–Crippen LogP) is -2.83. The summed E-state index contributed by atoms with van der Waals surface area (Å²) in [5.74, 6) is 9.64. The van der Waals surface area contributed by atoms with Crippen molar-refractivity contribution in [1.29, 1.82) is 0 Å². The standard InChI is InChI=1S/CH6N4Se/c2-4-1(6)5-3/h2-3H2,(H2,4,5,6). The Hall–Kier alpha value is -0.0905. The maximum atomic E-state index is 4.82. The first-order valence-corrected chi connectivity index (χ1v) is 2.14. The summed E-state index contributed by atoms with van der Waals surface area (Å²) in [6, 6.07) is 0. The molecule has 0 unspecified atom stereocenters. The Bertz CT molecular complexity index is 45.5. The quantitative estimate of drug-likeness (QED) is 0.196. The van der Waals surface area contributed by atoms with Crippen molar-refractivity contribution < 1.29 is 0 Å². The van der Waals surface area contributed by atoms with Crippen molar-refractivity contribution in [2.24, 2.45) is 11.7 Å². The van der Waals surface area contributed by atoms with Crippen LogP contribution in [0.3, 0.4) is 0 Å². The molecule has 0 radical (unpaired) electrons. The minimum atomic E-state index is 0.523. The van der Waals surface area contributed by atoms with Crippen LogP contribution in [0.2, 0.25) is 0 Å². The second-order valence-electron chi connectivity index (χ2n) is 0.618. The van der Waals surface area contributed by atoms with Gasteiger partial charge in [0.05, 0.1) is 0 Å². The summed E-state index contributed by atoms with van der Waals surface area (Å²) in [4.78, 5) is 0. The van der Waals surface area contributed by atoms with E-state index in [1.54, 1.807) is 0 Å². The number of nitrogens with two attached hydrogens (primary N) is 2. The van der Waals surface area contributed by atoms with E-state index in [1.807, 2.05) is 0 Å². The van der Waals surface area contributed by atoms with Crippen molar-refractivity contribution in [1.82, 2.24) is 10.9 Å². The third-order valence-electron chi connectivity index (χ3n) is 0.262. The summed E-state index contributed by atoms with van der Waals surface area (Å²) >= 11 is 2.52. The number of hydrazine groups is 2. The van der Waals surface area contributed by atoms with E-state index in [-0.39, 0.29) is 0 Å². The van der Waals surface area contributed by atoms with E-state index in [9.17, 15) is 0 Å². The van der Waals surface area contributed by atoms with E-state index in [2.05, 4.69) is 26.4 Å². The molecule has 36 valence electrons. The Morgan fingerprint density at radius 2 is 1.67 bits per heavy atom. The van der Waals surface area contributed by atoms with Gasteiger partial charge in [0.2, 0.25) is 0 Å². The monoisotopic (exact) mass is 154 g/mol. The Balaban J connectivity index is 2.99. The Morgan fingerprint density at radius 3 is 1.67 bits per heavy atom. The molecule has 4 nitrogen and oxygen atoms in total. The first-order chi connectivity index (χ1) is 2.81. The van der Waals surface area contributed by atoms with Gasteiger partial charge in [-0.25, -0.2) is 0 Å². The number of rotatable bonds is 2. The summed E-state index contributed by atoms with van der Waals surface area (Å²) in [7, 11) is 0. The minimum absolute atomic E-state index is 0.523. The molecule has 0 heterocycles. The fourth-order valence-electron chi connectivity index (χ4n) is 0.0417. The summed E-state index contributed by atoms with van der Waals surface area (Å²) in [6.45, 7) is 0. The van der Waals surface area contributed by atoms with Crippen LogP contribution in [0.5, 0.6) is 0 Å². The van der Waals surface area contributed by atoms with Gasteiger partial charge >= 0.3 is 42.8 Å². The molecule has 6 N–H and O–H groups in total. The molecular formula is CH6N4Se. The Kier molecular flexibility index (Phi) is 3.07. The average Bonchev–Trinajstić information content (AvgIpc) is 1.65. The Morgan fingerprint density at radius 1 is 1.33 bits per heavy atom. The van der Waals surface area contributed by atoms with Crippen LogP contribution in [-0.4, -0.2) is 20.2 Å². The van der Waals surface area contributed by atoms with Crippen molar-refractivity contribution in [2.75, 3.05) is 0 Å². The van der Waals surface area contributed by atoms with Gasteiger partial charge in [-0.2, -0.15) is 0 Å². The molecule has 0 fully saturated rings.